The van der Waals surface area contributed by atoms with Crippen LogP contribution in [0.3, 0.4) is 0 Å². The van der Waals surface area contributed by atoms with Crippen LogP contribution in [0.4, 0.5) is 0 Å². The van der Waals surface area contributed by atoms with Crippen LogP contribution in [-0.4, -0.2) is 43.7 Å². The highest BCUT2D eigenvalue weighted by Gasteiger charge is 2.38. The Hall–Kier alpha value is -2.83. The summed E-state index contributed by atoms with van der Waals surface area (Å²) < 4.78 is 12.1. The molecule has 2 aromatic carbocycles. The Bertz CT molecular complexity index is 913. The maximum atomic E-state index is 10.1. The molecule has 1 fully saturated rings. The molecular weight excluding hydrogens is 352 g/mol. The fourth-order valence-electron chi connectivity index (χ4n) is 3.94. The van der Waals surface area contributed by atoms with Gasteiger partial charge in [-0.05, 0) is 60.9 Å². The maximum Gasteiger partial charge on any atom is 0.132 e. The third-order valence-electron chi connectivity index (χ3n) is 5.44. The van der Waals surface area contributed by atoms with Crippen LogP contribution in [-0.2, 0) is 0 Å². The van der Waals surface area contributed by atoms with Crippen LogP contribution in [0.2, 0.25) is 0 Å². The number of hydrogen-bond donors (Lipinski definition) is 2. The minimum Gasteiger partial charge on any atom is -0.496 e. The molecule has 4 rings (SSSR count). The van der Waals surface area contributed by atoms with Crippen LogP contribution in [0, 0.1) is 0 Å². The zero-order valence-corrected chi connectivity index (χ0v) is 16.2. The lowest BCUT2D eigenvalue weighted by molar-refractivity contribution is 0.0813. The van der Waals surface area contributed by atoms with Crippen molar-refractivity contribution in [3.63, 3.8) is 0 Å². The summed E-state index contributed by atoms with van der Waals surface area (Å²) in [6, 6.07) is 13.7. The Balaban J connectivity index is 1.81. The highest BCUT2D eigenvalue weighted by atomic mass is 16.5. The Kier molecular flexibility index (Phi) is 4.83. The molecule has 3 N–H and O–H groups in total. The van der Waals surface area contributed by atoms with Gasteiger partial charge in [0.2, 0.25) is 0 Å². The monoisotopic (exact) mass is 377 g/mol. The molecule has 0 amide bonds. The largest absolute Gasteiger partial charge is 0.496 e. The second kappa shape index (κ2) is 7.30. The molecule has 0 aromatic heterocycles. The molecule has 2 aliphatic rings. The first-order chi connectivity index (χ1) is 13.5. The SMILES string of the molecule is COc1cccc2c1C(c1ccc(C(=[N-])N(C)N)cc1)=CC1(CCNCC1)O2. The summed E-state index contributed by atoms with van der Waals surface area (Å²) in [5.41, 5.74) is 3.45. The quantitative estimate of drug-likeness (QED) is 0.372. The third-order valence-corrected chi connectivity index (χ3v) is 5.44. The molecule has 0 unspecified atom stereocenters. The smallest absolute Gasteiger partial charge is 0.132 e. The van der Waals surface area contributed by atoms with E-state index >= 15 is 0 Å². The lowest BCUT2D eigenvalue weighted by Crippen LogP contribution is -2.46. The van der Waals surface area contributed by atoms with Gasteiger partial charge in [0, 0.05) is 12.8 Å². The molecule has 0 saturated carbocycles. The van der Waals surface area contributed by atoms with Gasteiger partial charge >= 0.3 is 0 Å². The Morgan fingerprint density at radius 3 is 2.54 bits per heavy atom. The van der Waals surface area contributed by atoms with E-state index in [4.69, 9.17) is 15.3 Å². The van der Waals surface area contributed by atoms with Crippen LogP contribution in [0.1, 0.15) is 29.5 Å². The number of nitrogens with two attached hydrogens (primary N) is 1. The number of nitrogens with one attached hydrogen (secondary N) is 1. The lowest BCUT2D eigenvalue weighted by Gasteiger charge is -2.40. The number of piperidine rings is 1. The molecule has 0 atom stereocenters. The van der Waals surface area contributed by atoms with Crippen molar-refractivity contribution in [2.75, 3.05) is 27.2 Å². The summed E-state index contributed by atoms with van der Waals surface area (Å²) in [5, 5.41) is 14.7. The van der Waals surface area contributed by atoms with E-state index in [2.05, 4.69) is 11.4 Å². The molecule has 1 spiro atoms. The number of hydrazine groups is 1. The molecule has 6 heteroatoms. The number of ether oxygens (including phenoxy) is 2. The number of amidine groups is 1. The van der Waals surface area contributed by atoms with Crippen molar-refractivity contribution >= 4 is 11.4 Å². The molecule has 0 aliphatic carbocycles. The van der Waals surface area contributed by atoms with E-state index in [1.54, 1.807) is 14.2 Å². The number of rotatable bonds is 3. The maximum absolute atomic E-state index is 10.1. The molecule has 6 nitrogen and oxygen atoms in total. The molecule has 1 saturated heterocycles. The fraction of sp³-hybridized carbons (Fsp3) is 0.318. The molecule has 0 radical (unpaired) electrons. The van der Waals surface area contributed by atoms with Gasteiger partial charge in [0.15, 0.2) is 0 Å². The van der Waals surface area contributed by atoms with Crippen LogP contribution in [0.25, 0.3) is 11.0 Å². The second-order valence-corrected chi connectivity index (χ2v) is 7.32. The van der Waals surface area contributed by atoms with E-state index in [-0.39, 0.29) is 11.4 Å². The summed E-state index contributed by atoms with van der Waals surface area (Å²) in [5.74, 6) is 7.30. The first kappa shape index (κ1) is 18.5. The summed E-state index contributed by atoms with van der Waals surface area (Å²) in [6.07, 6.45) is 4.07. The van der Waals surface area contributed by atoms with Gasteiger partial charge in [-0.1, -0.05) is 30.3 Å². The molecular formula is C22H25N4O2-. The molecule has 28 heavy (non-hydrogen) atoms. The van der Waals surface area contributed by atoms with Crippen molar-refractivity contribution in [2.24, 2.45) is 5.84 Å². The summed E-state index contributed by atoms with van der Waals surface area (Å²) in [7, 11) is 3.28. The predicted octanol–water partition coefficient (Wildman–Crippen LogP) is 2.76. The van der Waals surface area contributed by atoms with Crippen molar-refractivity contribution in [2.45, 2.75) is 18.4 Å². The van der Waals surface area contributed by atoms with Crippen LogP contribution in [0.5, 0.6) is 11.5 Å². The molecule has 0 bridgehead atoms. The van der Waals surface area contributed by atoms with Crippen molar-refractivity contribution in [3.05, 3.63) is 70.6 Å². The first-order valence-electron chi connectivity index (χ1n) is 9.48. The van der Waals surface area contributed by atoms with Gasteiger partial charge in [-0.25, -0.2) is 0 Å². The average Bonchev–Trinajstić information content (AvgIpc) is 2.72. The minimum absolute atomic E-state index is 0.0281. The Labute approximate surface area is 165 Å². The van der Waals surface area contributed by atoms with E-state index in [0.29, 0.717) is 5.56 Å². The van der Waals surface area contributed by atoms with Gasteiger partial charge in [-0.2, -0.15) is 0 Å². The highest BCUT2D eigenvalue weighted by molar-refractivity contribution is 6.01. The van der Waals surface area contributed by atoms with Crippen LogP contribution >= 0.6 is 0 Å². The van der Waals surface area contributed by atoms with Gasteiger partial charge in [-0.3, -0.25) is 0 Å². The standard InChI is InChI=1S/C22H25N4O2/c1-26(24)21(23)16-8-6-15(7-9-16)17-14-22(10-12-25-13-11-22)28-19-5-3-4-18(27-2)20(17)19/h3-9,14,25H,10-13,24H2,1-2H3/q-1. The number of methoxy groups -OCH3 is 1. The summed E-state index contributed by atoms with van der Waals surface area (Å²) >= 11 is 0. The second-order valence-electron chi connectivity index (χ2n) is 7.32. The zero-order valence-electron chi connectivity index (χ0n) is 16.2. The normalized spacial score (nSPS) is 17.3. The minimum atomic E-state index is -0.315. The van der Waals surface area contributed by atoms with Gasteiger partial charge in [-0.15, -0.1) is 0 Å². The van der Waals surface area contributed by atoms with Gasteiger partial charge in [0.05, 0.1) is 12.7 Å². The van der Waals surface area contributed by atoms with E-state index in [1.807, 2.05) is 42.5 Å². The number of benzene rings is 2. The van der Waals surface area contributed by atoms with E-state index < -0.39 is 0 Å². The Morgan fingerprint density at radius 2 is 1.89 bits per heavy atom. The van der Waals surface area contributed by atoms with E-state index in [1.165, 1.54) is 5.01 Å². The number of nitrogens with zero attached hydrogens (tertiary/aromatic N) is 2. The molecule has 2 aromatic rings. The summed E-state index contributed by atoms with van der Waals surface area (Å²) in [4.78, 5) is 0. The third kappa shape index (κ3) is 3.25. The Morgan fingerprint density at radius 1 is 1.18 bits per heavy atom. The fourth-order valence-corrected chi connectivity index (χ4v) is 3.94. The molecule has 146 valence electrons. The zero-order chi connectivity index (χ0) is 19.7. The van der Waals surface area contributed by atoms with Crippen molar-refractivity contribution < 1.29 is 9.47 Å². The molecule has 2 heterocycles. The lowest BCUT2D eigenvalue weighted by atomic mass is 9.83. The van der Waals surface area contributed by atoms with Gasteiger partial charge in [0.25, 0.3) is 0 Å². The first-order valence-corrected chi connectivity index (χ1v) is 9.48. The number of fused-ring (bicyclic) bond motifs is 1. The number of hydrogen-bond acceptors (Lipinski definition) is 4. The van der Waals surface area contributed by atoms with Gasteiger partial charge in [0.1, 0.15) is 17.1 Å². The van der Waals surface area contributed by atoms with E-state index in [0.717, 1.165) is 54.1 Å². The van der Waals surface area contributed by atoms with Gasteiger partial charge < -0.3 is 31.1 Å². The van der Waals surface area contributed by atoms with Crippen molar-refractivity contribution in [1.82, 2.24) is 10.3 Å². The van der Waals surface area contributed by atoms with E-state index in [9.17, 15) is 5.41 Å². The van der Waals surface area contributed by atoms with Crippen LogP contribution in [0.15, 0.2) is 48.5 Å². The molecule has 2 aliphatic heterocycles. The topological polar surface area (TPSA) is 82.1 Å². The average molecular weight is 377 g/mol. The highest BCUT2D eigenvalue weighted by Crippen LogP contribution is 2.46. The van der Waals surface area contributed by atoms with Crippen LogP contribution < -0.4 is 20.6 Å². The predicted molar refractivity (Wildman–Crippen MR) is 111 cm³/mol. The van der Waals surface area contributed by atoms with Crippen molar-refractivity contribution in [3.8, 4) is 11.5 Å². The summed E-state index contributed by atoms with van der Waals surface area (Å²) in [6.45, 7) is 1.85. The van der Waals surface area contributed by atoms with Crippen molar-refractivity contribution in [1.29, 1.82) is 0 Å².